The first-order valence-corrected chi connectivity index (χ1v) is 11.7. The van der Waals surface area contributed by atoms with E-state index in [1.54, 1.807) is 30.3 Å². The van der Waals surface area contributed by atoms with Crippen LogP contribution in [0.3, 0.4) is 0 Å². The molecule has 0 amide bonds. The van der Waals surface area contributed by atoms with E-state index in [-0.39, 0.29) is 10.6 Å². The lowest BCUT2D eigenvalue weighted by molar-refractivity contribution is -0.384. The van der Waals surface area contributed by atoms with Crippen LogP contribution in [0.2, 0.25) is 0 Å². The molecule has 4 rings (SSSR count). The second-order valence-electron chi connectivity index (χ2n) is 6.70. The van der Waals surface area contributed by atoms with Crippen molar-refractivity contribution in [2.45, 2.75) is 11.8 Å². The molecular formula is C19H20N4O5S2. The molecule has 9 nitrogen and oxygen atoms in total. The number of ether oxygens (including phenoxy) is 1. The predicted octanol–water partition coefficient (Wildman–Crippen LogP) is 3.11. The topological polar surface area (TPSA) is 106 Å². The maximum atomic E-state index is 12.9. The number of sulfonamides is 1. The first-order valence-electron chi connectivity index (χ1n) is 9.41. The van der Waals surface area contributed by atoms with Crippen LogP contribution in [-0.4, -0.2) is 55.4 Å². The van der Waals surface area contributed by atoms with Crippen molar-refractivity contribution in [1.82, 2.24) is 9.29 Å². The first-order chi connectivity index (χ1) is 14.4. The molecule has 0 N–H and O–H groups in total. The SMILES string of the molecule is CCOc1ccc(S(=O)(=O)N2CCN(c3nc4ccc([N+](=O)[O-])cc4s3)CC2)cc1. The van der Waals surface area contributed by atoms with Crippen molar-refractivity contribution in [3.8, 4) is 5.75 Å². The molecule has 0 radical (unpaired) electrons. The van der Waals surface area contributed by atoms with E-state index in [0.717, 1.165) is 9.83 Å². The summed E-state index contributed by atoms with van der Waals surface area (Å²) in [6.45, 7) is 4.07. The van der Waals surface area contributed by atoms with Crippen LogP contribution in [0, 0.1) is 10.1 Å². The van der Waals surface area contributed by atoms with E-state index in [1.807, 2.05) is 11.8 Å². The number of non-ortho nitro benzene ring substituents is 1. The number of benzene rings is 2. The molecule has 1 aromatic heterocycles. The Balaban J connectivity index is 1.46. The fraction of sp³-hybridized carbons (Fsp3) is 0.316. The van der Waals surface area contributed by atoms with Crippen LogP contribution < -0.4 is 9.64 Å². The molecule has 0 atom stereocenters. The highest BCUT2D eigenvalue weighted by Gasteiger charge is 2.29. The second kappa shape index (κ2) is 8.17. The molecular weight excluding hydrogens is 428 g/mol. The molecule has 0 bridgehead atoms. The normalized spacial score (nSPS) is 15.4. The van der Waals surface area contributed by atoms with E-state index in [1.165, 1.54) is 27.8 Å². The van der Waals surface area contributed by atoms with Crippen molar-refractivity contribution >= 4 is 42.4 Å². The molecule has 0 saturated carbocycles. The Morgan fingerprint density at radius 2 is 1.83 bits per heavy atom. The van der Waals surface area contributed by atoms with Crippen LogP contribution in [-0.2, 0) is 10.0 Å². The highest BCUT2D eigenvalue weighted by atomic mass is 32.2. The maximum absolute atomic E-state index is 12.9. The Kier molecular flexibility index (Phi) is 5.58. The van der Waals surface area contributed by atoms with Gasteiger partial charge in [0.15, 0.2) is 5.13 Å². The fourth-order valence-corrected chi connectivity index (χ4v) is 5.77. The number of anilines is 1. The number of thiazole rings is 1. The van der Waals surface area contributed by atoms with E-state index in [9.17, 15) is 18.5 Å². The minimum absolute atomic E-state index is 0.0315. The lowest BCUT2D eigenvalue weighted by atomic mass is 10.3. The van der Waals surface area contributed by atoms with Gasteiger partial charge in [0.1, 0.15) is 5.75 Å². The second-order valence-corrected chi connectivity index (χ2v) is 9.65. The summed E-state index contributed by atoms with van der Waals surface area (Å²) in [4.78, 5) is 17.3. The first kappa shape index (κ1) is 20.5. The fourth-order valence-electron chi connectivity index (χ4n) is 3.29. The Labute approximate surface area is 177 Å². The Hall–Kier alpha value is -2.76. The number of piperazine rings is 1. The van der Waals surface area contributed by atoms with Gasteiger partial charge in [-0.3, -0.25) is 10.1 Å². The summed E-state index contributed by atoms with van der Waals surface area (Å²) in [6, 6.07) is 11.0. The zero-order chi connectivity index (χ0) is 21.3. The van der Waals surface area contributed by atoms with E-state index in [2.05, 4.69) is 4.98 Å². The zero-order valence-corrected chi connectivity index (χ0v) is 17.9. The van der Waals surface area contributed by atoms with Crippen molar-refractivity contribution in [2.75, 3.05) is 37.7 Å². The third-order valence-electron chi connectivity index (χ3n) is 4.85. The summed E-state index contributed by atoms with van der Waals surface area (Å²) in [5, 5.41) is 11.7. The molecule has 1 fully saturated rings. The highest BCUT2D eigenvalue weighted by molar-refractivity contribution is 7.89. The largest absolute Gasteiger partial charge is 0.494 e. The van der Waals surface area contributed by atoms with Crippen molar-refractivity contribution in [1.29, 1.82) is 0 Å². The van der Waals surface area contributed by atoms with Crippen LogP contribution in [0.1, 0.15) is 6.92 Å². The van der Waals surface area contributed by atoms with Crippen molar-refractivity contribution in [3.63, 3.8) is 0 Å². The number of nitro benzene ring substituents is 1. The summed E-state index contributed by atoms with van der Waals surface area (Å²) in [5.41, 5.74) is 0.731. The third-order valence-corrected chi connectivity index (χ3v) is 7.85. The number of rotatable bonds is 6. The minimum Gasteiger partial charge on any atom is -0.494 e. The predicted molar refractivity (Wildman–Crippen MR) is 115 cm³/mol. The van der Waals surface area contributed by atoms with Crippen molar-refractivity contribution in [2.24, 2.45) is 0 Å². The molecule has 11 heteroatoms. The van der Waals surface area contributed by atoms with E-state index in [0.29, 0.717) is 44.1 Å². The average Bonchev–Trinajstić information content (AvgIpc) is 3.18. The number of hydrogen-bond acceptors (Lipinski definition) is 8. The summed E-state index contributed by atoms with van der Waals surface area (Å²) in [5.74, 6) is 0.636. The number of hydrogen-bond donors (Lipinski definition) is 0. The van der Waals surface area contributed by atoms with Gasteiger partial charge in [-0.05, 0) is 37.3 Å². The van der Waals surface area contributed by atoms with Gasteiger partial charge in [-0.25, -0.2) is 13.4 Å². The van der Waals surface area contributed by atoms with Gasteiger partial charge in [0.05, 0.1) is 26.6 Å². The van der Waals surface area contributed by atoms with E-state index < -0.39 is 14.9 Å². The number of aromatic nitrogens is 1. The van der Waals surface area contributed by atoms with Crippen LogP contribution in [0.15, 0.2) is 47.4 Å². The lowest BCUT2D eigenvalue weighted by Gasteiger charge is -2.33. The maximum Gasteiger partial charge on any atom is 0.270 e. The molecule has 1 aliphatic rings. The lowest BCUT2D eigenvalue weighted by Crippen LogP contribution is -2.48. The van der Waals surface area contributed by atoms with Crippen LogP contribution in [0.25, 0.3) is 10.2 Å². The van der Waals surface area contributed by atoms with Gasteiger partial charge in [-0.15, -0.1) is 0 Å². The molecule has 0 aliphatic carbocycles. The molecule has 30 heavy (non-hydrogen) atoms. The van der Waals surface area contributed by atoms with Gasteiger partial charge < -0.3 is 9.64 Å². The highest BCUT2D eigenvalue weighted by Crippen LogP contribution is 2.32. The van der Waals surface area contributed by atoms with Crippen LogP contribution in [0.4, 0.5) is 10.8 Å². The van der Waals surface area contributed by atoms with Gasteiger partial charge in [-0.2, -0.15) is 4.31 Å². The molecule has 2 aromatic carbocycles. The van der Waals surface area contributed by atoms with Crippen LogP contribution >= 0.6 is 11.3 Å². The molecule has 158 valence electrons. The molecule has 1 aliphatic heterocycles. The summed E-state index contributed by atoms with van der Waals surface area (Å²) >= 11 is 1.38. The zero-order valence-electron chi connectivity index (χ0n) is 16.2. The van der Waals surface area contributed by atoms with Gasteiger partial charge in [0, 0.05) is 38.3 Å². The van der Waals surface area contributed by atoms with Crippen molar-refractivity contribution < 1.29 is 18.1 Å². The van der Waals surface area contributed by atoms with Gasteiger partial charge in [0.25, 0.3) is 5.69 Å². The van der Waals surface area contributed by atoms with Gasteiger partial charge >= 0.3 is 0 Å². The van der Waals surface area contributed by atoms with Gasteiger partial charge in [-0.1, -0.05) is 11.3 Å². The molecule has 1 saturated heterocycles. The standard InChI is InChI=1S/C19H20N4O5S2/c1-2-28-15-4-6-16(7-5-15)30(26,27)22-11-9-21(10-12-22)19-20-17-8-3-14(23(24)25)13-18(17)29-19/h3-8,13H,2,9-12H2,1H3. The quantitative estimate of drug-likeness (QED) is 0.421. The third kappa shape index (κ3) is 3.95. The molecule has 3 aromatic rings. The monoisotopic (exact) mass is 448 g/mol. The Morgan fingerprint density at radius 1 is 1.13 bits per heavy atom. The smallest absolute Gasteiger partial charge is 0.270 e. The van der Waals surface area contributed by atoms with E-state index >= 15 is 0 Å². The molecule has 2 heterocycles. The summed E-state index contributed by atoms with van der Waals surface area (Å²) in [7, 11) is -3.58. The number of nitrogens with zero attached hydrogens (tertiary/aromatic N) is 4. The summed E-state index contributed by atoms with van der Waals surface area (Å²) in [6.07, 6.45) is 0. The molecule has 0 unspecified atom stereocenters. The number of nitro groups is 1. The van der Waals surface area contributed by atoms with Crippen LogP contribution in [0.5, 0.6) is 5.75 Å². The number of fused-ring (bicyclic) bond motifs is 1. The Morgan fingerprint density at radius 3 is 2.47 bits per heavy atom. The minimum atomic E-state index is -3.58. The average molecular weight is 449 g/mol. The summed E-state index contributed by atoms with van der Waals surface area (Å²) < 4.78 is 33.4. The molecule has 0 spiro atoms. The van der Waals surface area contributed by atoms with Gasteiger partial charge in [0.2, 0.25) is 10.0 Å². The van der Waals surface area contributed by atoms with Crippen molar-refractivity contribution in [3.05, 3.63) is 52.6 Å². The Bertz CT molecular complexity index is 1170. The van der Waals surface area contributed by atoms with E-state index in [4.69, 9.17) is 4.74 Å².